The van der Waals surface area contributed by atoms with Gasteiger partial charge in [0.2, 0.25) is 0 Å². The summed E-state index contributed by atoms with van der Waals surface area (Å²) < 4.78 is 30.5. The van der Waals surface area contributed by atoms with Gasteiger partial charge in [-0.05, 0) is 47.2 Å². The van der Waals surface area contributed by atoms with Crippen LogP contribution in [0.25, 0.3) is 28.0 Å². The maximum atomic E-state index is 11.6. The van der Waals surface area contributed by atoms with Crippen LogP contribution < -0.4 is 0 Å². The molecule has 1 aliphatic heterocycles. The summed E-state index contributed by atoms with van der Waals surface area (Å²) in [5.41, 5.74) is 8.77. The lowest BCUT2D eigenvalue weighted by Crippen LogP contribution is -2.31. The van der Waals surface area contributed by atoms with Crippen LogP contribution in [0.3, 0.4) is 0 Å². The van der Waals surface area contributed by atoms with Crippen LogP contribution in [0.15, 0.2) is 60.9 Å². The Morgan fingerprint density at radius 3 is 2.57 bits per heavy atom. The van der Waals surface area contributed by atoms with Gasteiger partial charge in [-0.3, -0.25) is 0 Å². The van der Waals surface area contributed by atoms with E-state index in [2.05, 4.69) is 57.4 Å². The van der Waals surface area contributed by atoms with Gasteiger partial charge in [-0.2, -0.15) is 5.10 Å². The highest BCUT2D eigenvalue weighted by Crippen LogP contribution is 2.32. The Balaban J connectivity index is 1.46. The van der Waals surface area contributed by atoms with Gasteiger partial charge in [0, 0.05) is 44.1 Å². The summed E-state index contributed by atoms with van der Waals surface area (Å²) in [5, 5.41) is 4.54. The molecule has 2 aromatic heterocycles. The maximum absolute atomic E-state index is 11.6. The second-order valence-electron chi connectivity index (χ2n) is 9.17. The van der Waals surface area contributed by atoms with Crippen molar-refractivity contribution in [2.75, 3.05) is 38.8 Å². The van der Waals surface area contributed by atoms with Crippen molar-refractivity contribution in [2.45, 2.75) is 19.4 Å². The third kappa shape index (κ3) is 5.15. The Morgan fingerprint density at radius 1 is 0.971 bits per heavy atom. The molecule has 0 saturated carbocycles. The molecule has 1 aliphatic rings. The standard InChI is InChI=1S/C27H30N4O3S/c1-34-18-23-5-3-4-6-24(23)26-10-9-25(27-28-19-29-31(26)27)22-8-7-20-11-13-30(14-12-21(20)17-22)15-16-35(2,32)33/h3-10,17,19H,11-16,18H2,1-2H3. The van der Waals surface area contributed by atoms with E-state index in [9.17, 15) is 8.42 Å². The van der Waals surface area contributed by atoms with Crippen molar-refractivity contribution in [2.24, 2.45) is 0 Å². The van der Waals surface area contributed by atoms with Crippen LogP contribution in [-0.4, -0.2) is 66.7 Å². The summed E-state index contributed by atoms with van der Waals surface area (Å²) >= 11 is 0. The summed E-state index contributed by atoms with van der Waals surface area (Å²) in [7, 11) is -1.25. The maximum Gasteiger partial charge on any atom is 0.163 e. The summed E-state index contributed by atoms with van der Waals surface area (Å²) in [4.78, 5) is 6.86. The number of rotatable bonds is 7. The largest absolute Gasteiger partial charge is 0.380 e. The normalized spacial score (nSPS) is 14.7. The van der Waals surface area contributed by atoms with Crippen molar-refractivity contribution in [3.8, 4) is 22.4 Å². The minimum atomic E-state index is -2.95. The zero-order chi connectivity index (χ0) is 24.4. The van der Waals surface area contributed by atoms with E-state index in [1.807, 2.05) is 16.6 Å². The number of benzene rings is 2. The smallest absolute Gasteiger partial charge is 0.163 e. The highest BCUT2D eigenvalue weighted by atomic mass is 32.2. The zero-order valence-corrected chi connectivity index (χ0v) is 21.0. The molecule has 0 saturated heterocycles. The Kier molecular flexibility index (Phi) is 6.69. The van der Waals surface area contributed by atoms with Crippen molar-refractivity contribution in [1.29, 1.82) is 0 Å². The Morgan fingerprint density at radius 2 is 1.77 bits per heavy atom. The number of hydrogen-bond acceptors (Lipinski definition) is 6. The Bertz CT molecular complexity index is 1460. The third-order valence-electron chi connectivity index (χ3n) is 6.71. The van der Waals surface area contributed by atoms with Crippen LogP contribution in [-0.2, 0) is 34.0 Å². The van der Waals surface area contributed by atoms with Gasteiger partial charge in [0.25, 0.3) is 0 Å². The predicted molar refractivity (Wildman–Crippen MR) is 138 cm³/mol. The lowest BCUT2D eigenvalue weighted by molar-refractivity contribution is 0.185. The zero-order valence-electron chi connectivity index (χ0n) is 20.1. The first kappa shape index (κ1) is 23.7. The highest BCUT2D eigenvalue weighted by Gasteiger charge is 2.18. The van der Waals surface area contributed by atoms with Crippen LogP contribution in [0.4, 0.5) is 0 Å². The third-order valence-corrected chi connectivity index (χ3v) is 7.63. The molecule has 0 atom stereocenters. The van der Waals surface area contributed by atoms with Gasteiger partial charge in [-0.1, -0.05) is 42.5 Å². The summed E-state index contributed by atoms with van der Waals surface area (Å²) in [6.07, 6.45) is 4.73. The van der Waals surface area contributed by atoms with E-state index in [4.69, 9.17) is 4.74 Å². The number of pyridine rings is 1. The summed E-state index contributed by atoms with van der Waals surface area (Å²) in [5.74, 6) is 0.208. The molecule has 35 heavy (non-hydrogen) atoms. The van der Waals surface area contributed by atoms with Crippen molar-refractivity contribution in [3.63, 3.8) is 0 Å². The predicted octanol–water partition coefficient (Wildman–Crippen LogP) is 3.65. The molecule has 0 bridgehead atoms. The second kappa shape index (κ2) is 9.89. The first-order valence-corrected chi connectivity index (χ1v) is 13.9. The molecule has 4 aromatic rings. The van der Waals surface area contributed by atoms with E-state index < -0.39 is 9.84 Å². The first-order valence-electron chi connectivity index (χ1n) is 11.8. The average Bonchev–Trinajstić information content (AvgIpc) is 3.24. The molecule has 0 unspecified atom stereocenters. The van der Waals surface area contributed by atoms with Crippen molar-refractivity contribution < 1.29 is 13.2 Å². The van der Waals surface area contributed by atoms with Gasteiger partial charge in [-0.15, -0.1) is 0 Å². The van der Waals surface area contributed by atoms with Gasteiger partial charge < -0.3 is 9.64 Å². The quantitative estimate of drug-likeness (QED) is 0.394. The molecule has 3 heterocycles. The number of aromatic nitrogens is 3. The molecule has 0 amide bonds. The number of nitrogens with zero attached hydrogens (tertiary/aromatic N) is 4. The number of sulfone groups is 1. The molecular weight excluding hydrogens is 460 g/mol. The van der Waals surface area contributed by atoms with Crippen LogP contribution in [0.2, 0.25) is 0 Å². The topological polar surface area (TPSA) is 76.8 Å². The van der Waals surface area contributed by atoms with E-state index in [0.717, 1.165) is 59.5 Å². The van der Waals surface area contributed by atoms with E-state index >= 15 is 0 Å². The first-order chi connectivity index (χ1) is 16.9. The monoisotopic (exact) mass is 490 g/mol. The Hall–Kier alpha value is -3.07. The number of hydrogen-bond donors (Lipinski definition) is 0. The van der Waals surface area contributed by atoms with E-state index in [1.54, 1.807) is 13.4 Å². The lowest BCUT2D eigenvalue weighted by atomic mass is 9.96. The van der Waals surface area contributed by atoms with E-state index in [1.165, 1.54) is 17.4 Å². The minimum absolute atomic E-state index is 0.208. The minimum Gasteiger partial charge on any atom is -0.380 e. The lowest BCUT2D eigenvalue weighted by Gasteiger charge is -2.18. The van der Waals surface area contributed by atoms with Crippen LogP contribution in [0.5, 0.6) is 0 Å². The van der Waals surface area contributed by atoms with Gasteiger partial charge >= 0.3 is 0 Å². The van der Waals surface area contributed by atoms with Crippen molar-refractivity contribution >= 4 is 15.5 Å². The van der Waals surface area contributed by atoms with E-state index in [-0.39, 0.29) is 5.75 Å². The Labute approximate surface area is 206 Å². The van der Waals surface area contributed by atoms with Crippen LogP contribution in [0.1, 0.15) is 16.7 Å². The van der Waals surface area contributed by atoms with Gasteiger partial charge in [0.1, 0.15) is 16.2 Å². The molecule has 0 aliphatic carbocycles. The summed E-state index contributed by atoms with van der Waals surface area (Å²) in [6.45, 7) is 2.86. The number of methoxy groups -OCH3 is 1. The molecular formula is C27H30N4O3S. The van der Waals surface area contributed by atoms with Gasteiger partial charge in [0.05, 0.1) is 18.1 Å². The molecule has 2 aromatic carbocycles. The van der Waals surface area contributed by atoms with Crippen LogP contribution >= 0.6 is 0 Å². The van der Waals surface area contributed by atoms with Gasteiger partial charge in [-0.25, -0.2) is 17.9 Å². The average molecular weight is 491 g/mol. The van der Waals surface area contributed by atoms with Crippen LogP contribution in [0, 0.1) is 0 Å². The summed E-state index contributed by atoms with van der Waals surface area (Å²) in [6, 6.07) is 19.1. The molecule has 0 fully saturated rings. The molecule has 0 spiro atoms. The van der Waals surface area contributed by atoms with Crippen molar-refractivity contribution in [1.82, 2.24) is 19.5 Å². The molecule has 7 nitrogen and oxygen atoms in total. The highest BCUT2D eigenvalue weighted by molar-refractivity contribution is 7.90. The molecule has 8 heteroatoms. The fourth-order valence-electron chi connectivity index (χ4n) is 4.85. The van der Waals surface area contributed by atoms with E-state index in [0.29, 0.717) is 13.2 Å². The molecule has 0 N–H and O–H groups in total. The van der Waals surface area contributed by atoms with Crippen molar-refractivity contribution in [3.05, 3.63) is 77.6 Å². The molecule has 0 radical (unpaired) electrons. The fourth-order valence-corrected chi connectivity index (χ4v) is 5.44. The van der Waals surface area contributed by atoms with Gasteiger partial charge in [0.15, 0.2) is 5.65 Å². The SMILES string of the molecule is COCc1ccccc1-c1ccc(-c2ccc3c(c2)CCN(CCS(C)(=O)=O)CC3)c2ncnn12. The second-order valence-corrected chi connectivity index (χ2v) is 11.4. The number of fused-ring (bicyclic) bond motifs is 2. The molecule has 182 valence electrons. The fraction of sp³-hybridized carbons (Fsp3) is 0.333. The number of ether oxygens (including phenoxy) is 1. The molecule has 5 rings (SSSR count).